The van der Waals surface area contributed by atoms with E-state index in [1.807, 2.05) is 37.3 Å². The van der Waals surface area contributed by atoms with Gasteiger partial charge < -0.3 is 10.1 Å². The molecule has 1 N–H and O–H groups in total. The number of nitrogens with one attached hydrogen (secondary N) is 1. The lowest BCUT2D eigenvalue weighted by molar-refractivity contribution is -0.123. The van der Waals surface area contributed by atoms with Gasteiger partial charge in [-0.3, -0.25) is 4.79 Å². The largest absolute Gasteiger partial charge is 0.481 e. The van der Waals surface area contributed by atoms with Gasteiger partial charge in [-0.1, -0.05) is 49.4 Å². The van der Waals surface area contributed by atoms with Crippen LogP contribution < -0.4 is 10.1 Å². The first-order valence-electron chi connectivity index (χ1n) is 6.92. The molecule has 0 aliphatic rings. The molecule has 0 spiro atoms. The lowest BCUT2D eigenvalue weighted by Gasteiger charge is -2.17. The minimum Gasteiger partial charge on any atom is -0.481 e. The first kappa shape index (κ1) is 15.0. The Kier molecular flexibility index (Phi) is 5.32. The molecule has 0 heterocycles. The molecule has 21 heavy (non-hydrogen) atoms. The van der Waals surface area contributed by atoms with Crippen LogP contribution in [0.2, 0.25) is 0 Å². The zero-order valence-electron chi connectivity index (χ0n) is 11.9. The molecule has 0 aliphatic heterocycles. The normalized spacial score (nSPS) is 11.7. The Balaban J connectivity index is 1.90. The van der Waals surface area contributed by atoms with Crippen LogP contribution in [0.15, 0.2) is 54.6 Å². The number of hydrogen-bond acceptors (Lipinski definition) is 2. The van der Waals surface area contributed by atoms with Crippen molar-refractivity contribution in [1.82, 2.24) is 5.32 Å². The van der Waals surface area contributed by atoms with Crippen LogP contribution in [-0.2, 0) is 4.79 Å². The van der Waals surface area contributed by atoms with Gasteiger partial charge in [0.05, 0.1) is 6.04 Å². The second-order valence-corrected chi connectivity index (χ2v) is 4.66. The predicted octanol–water partition coefficient (Wildman–Crippen LogP) is 3.47. The zero-order valence-corrected chi connectivity index (χ0v) is 11.9. The summed E-state index contributed by atoms with van der Waals surface area (Å²) in [5.41, 5.74) is 1.04. The number of rotatable bonds is 6. The number of carbonyl (C=O) groups excluding carboxylic acids is 1. The van der Waals surface area contributed by atoms with Gasteiger partial charge in [-0.25, -0.2) is 4.39 Å². The molecule has 0 saturated heterocycles. The van der Waals surface area contributed by atoms with Crippen molar-refractivity contribution in [2.75, 3.05) is 6.61 Å². The summed E-state index contributed by atoms with van der Waals surface area (Å²) in [6, 6.07) is 15.7. The number of benzene rings is 2. The first-order chi connectivity index (χ1) is 10.2. The van der Waals surface area contributed by atoms with Crippen LogP contribution in [0, 0.1) is 5.82 Å². The predicted molar refractivity (Wildman–Crippen MR) is 79.5 cm³/mol. The van der Waals surface area contributed by atoms with E-state index in [0.29, 0.717) is 0 Å². The molecule has 4 heteroatoms. The van der Waals surface area contributed by atoms with Crippen molar-refractivity contribution in [2.24, 2.45) is 0 Å². The van der Waals surface area contributed by atoms with E-state index in [4.69, 9.17) is 4.74 Å². The Morgan fingerprint density at radius 1 is 1.14 bits per heavy atom. The smallest absolute Gasteiger partial charge is 0.258 e. The van der Waals surface area contributed by atoms with E-state index in [1.165, 1.54) is 12.1 Å². The number of para-hydroxylation sites is 1. The summed E-state index contributed by atoms with van der Waals surface area (Å²) in [6.45, 7) is 1.79. The molecule has 0 aromatic heterocycles. The molecule has 2 aromatic carbocycles. The lowest BCUT2D eigenvalue weighted by atomic mass is 10.0. The van der Waals surface area contributed by atoms with Crippen molar-refractivity contribution >= 4 is 5.91 Å². The Bertz CT molecular complexity index is 586. The summed E-state index contributed by atoms with van der Waals surface area (Å²) in [5.74, 6) is -0.658. The second kappa shape index (κ2) is 7.43. The first-order valence-corrected chi connectivity index (χ1v) is 6.92. The van der Waals surface area contributed by atoms with Gasteiger partial charge in [-0.05, 0) is 24.1 Å². The highest BCUT2D eigenvalue weighted by atomic mass is 19.1. The van der Waals surface area contributed by atoms with Crippen molar-refractivity contribution in [3.05, 3.63) is 66.0 Å². The second-order valence-electron chi connectivity index (χ2n) is 4.66. The minimum absolute atomic E-state index is 0.0667. The molecular formula is C17H18FNO2. The van der Waals surface area contributed by atoms with Gasteiger partial charge in [0.15, 0.2) is 18.2 Å². The molecule has 1 unspecified atom stereocenters. The van der Waals surface area contributed by atoms with Gasteiger partial charge in [0.2, 0.25) is 0 Å². The molecule has 1 atom stereocenters. The maximum atomic E-state index is 13.4. The number of amides is 1. The monoisotopic (exact) mass is 287 g/mol. The van der Waals surface area contributed by atoms with E-state index in [0.717, 1.165) is 12.0 Å². The quantitative estimate of drug-likeness (QED) is 0.883. The molecule has 0 aliphatic carbocycles. The van der Waals surface area contributed by atoms with Crippen LogP contribution in [0.25, 0.3) is 0 Å². The standard InChI is InChI=1S/C17H18FNO2/c1-2-15(13-8-4-3-5-9-13)19-17(20)12-21-16-11-7-6-10-14(16)18/h3-11,15H,2,12H2,1H3,(H,19,20). The average Bonchev–Trinajstić information content (AvgIpc) is 2.52. The van der Waals surface area contributed by atoms with Crippen LogP contribution in [-0.4, -0.2) is 12.5 Å². The number of hydrogen-bond donors (Lipinski definition) is 1. The SMILES string of the molecule is CCC(NC(=O)COc1ccccc1F)c1ccccc1. The molecule has 2 rings (SSSR count). The van der Waals surface area contributed by atoms with E-state index in [-0.39, 0.29) is 24.3 Å². The van der Waals surface area contributed by atoms with Gasteiger partial charge >= 0.3 is 0 Å². The third-order valence-corrected chi connectivity index (χ3v) is 3.14. The van der Waals surface area contributed by atoms with E-state index < -0.39 is 5.82 Å². The van der Waals surface area contributed by atoms with Gasteiger partial charge in [-0.15, -0.1) is 0 Å². The maximum absolute atomic E-state index is 13.4. The summed E-state index contributed by atoms with van der Waals surface area (Å²) in [4.78, 5) is 11.9. The molecule has 0 saturated carbocycles. The molecular weight excluding hydrogens is 269 g/mol. The summed E-state index contributed by atoms with van der Waals surface area (Å²) in [7, 11) is 0. The Hall–Kier alpha value is -2.36. The van der Waals surface area contributed by atoms with Crippen molar-refractivity contribution in [3.63, 3.8) is 0 Å². The van der Waals surface area contributed by atoms with Gasteiger partial charge in [0.25, 0.3) is 5.91 Å². The number of halogens is 1. The fourth-order valence-corrected chi connectivity index (χ4v) is 2.05. The zero-order chi connectivity index (χ0) is 15.1. The third kappa shape index (κ3) is 4.31. The molecule has 0 radical (unpaired) electrons. The molecule has 0 bridgehead atoms. The van der Waals surface area contributed by atoms with Crippen LogP contribution in [0.5, 0.6) is 5.75 Å². The molecule has 3 nitrogen and oxygen atoms in total. The van der Waals surface area contributed by atoms with Gasteiger partial charge in [-0.2, -0.15) is 0 Å². The molecule has 110 valence electrons. The Morgan fingerprint density at radius 3 is 2.48 bits per heavy atom. The minimum atomic E-state index is -0.472. The van der Waals surface area contributed by atoms with Crippen LogP contribution >= 0.6 is 0 Å². The van der Waals surface area contributed by atoms with E-state index in [9.17, 15) is 9.18 Å². The Labute approximate surface area is 123 Å². The number of ether oxygens (including phenoxy) is 1. The highest BCUT2D eigenvalue weighted by Gasteiger charge is 2.13. The molecule has 2 aromatic rings. The van der Waals surface area contributed by atoms with Crippen LogP contribution in [0.3, 0.4) is 0 Å². The van der Waals surface area contributed by atoms with E-state index in [2.05, 4.69) is 5.32 Å². The van der Waals surface area contributed by atoms with Gasteiger partial charge in [0, 0.05) is 0 Å². The van der Waals surface area contributed by atoms with Crippen molar-refractivity contribution in [3.8, 4) is 5.75 Å². The fourth-order valence-electron chi connectivity index (χ4n) is 2.05. The molecule has 1 amide bonds. The topological polar surface area (TPSA) is 38.3 Å². The Morgan fingerprint density at radius 2 is 1.81 bits per heavy atom. The van der Waals surface area contributed by atoms with Crippen molar-refractivity contribution < 1.29 is 13.9 Å². The fraction of sp³-hybridized carbons (Fsp3) is 0.235. The highest BCUT2D eigenvalue weighted by molar-refractivity contribution is 5.78. The highest BCUT2D eigenvalue weighted by Crippen LogP contribution is 2.17. The summed E-state index contributed by atoms with van der Waals surface area (Å²) in [6.07, 6.45) is 0.773. The van der Waals surface area contributed by atoms with Crippen LogP contribution in [0.1, 0.15) is 24.9 Å². The van der Waals surface area contributed by atoms with Crippen molar-refractivity contribution in [1.29, 1.82) is 0 Å². The summed E-state index contributed by atoms with van der Waals surface area (Å²) in [5, 5.41) is 2.89. The summed E-state index contributed by atoms with van der Waals surface area (Å²) < 4.78 is 18.6. The summed E-state index contributed by atoms with van der Waals surface area (Å²) >= 11 is 0. The number of carbonyl (C=O) groups is 1. The van der Waals surface area contributed by atoms with Gasteiger partial charge in [0.1, 0.15) is 0 Å². The molecule has 0 fully saturated rings. The average molecular weight is 287 g/mol. The van der Waals surface area contributed by atoms with E-state index >= 15 is 0 Å². The maximum Gasteiger partial charge on any atom is 0.258 e. The van der Waals surface area contributed by atoms with E-state index in [1.54, 1.807) is 12.1 Å². The van der Waals surface area contributed by atoms with Crippen molar-refractivity contribution in [2.45, 2.75) is 19.4 Å². The van der Waals surface area contributed by atoms with Crippen LogP contribution in [0.4, 0.5) is 4.39 Å². The third-order valence-electron chi connectivity index (χ3n) is 3.14. The lowest BCUT2D eigenvalue weighted by Crippen LogP contribution is -2.32.